The molecule has 4 aromatic rings. The molecule has 0 unspecified atom stereocenters. The third kappa shape index (κ3) is 4.20. The molecular weight excluding hydrogens is 378 g/mol. The van der Waals surface area contributed by atoms with E-state index in [1.54, 1.807) is 11.3 Å². The molecule has 0 aliphatic rings. The van der Waals surface area contributed by atoms with Crippen LogP contribution < -0.4 is 10.6 Å². The molecule has 0 saturated carbocycles. The van der Waals surface area contributed by atoms with E-state index in [1.165, 1.54) is 27.0 Å². The molecule has 0 saturated heterocycles. The second kappa shape index (κ2) is 8.53. The Balaban J connectivity index is 1.81. The molecule has 0 spiro atoms. The normalized spacial score (nSPS) is 11.1. The lowest BCUT2D eigenvalue weighted by Gasteiger charge is -2.13. The molecule has 2 heterocycles. The first-order valence-electron chi connectivity index (χ1n) is 9.85. The first-order chi connectivity index (χ1) is 14.1. The van der Waals surface area contributed by atoms with E-state index in [1.807, 2.05) is 19.9 Å². The fraction of sp³-hybridized carbons (Fsp3) is 0.208. The van der Waals surface area contributed by atoms with Gasteiger partial charge in [0, 0.05) is 35.6 Å². The van der Waals surface area contributed by atoms with Gasteiger partial charge in [0.2, 0.25) is 0 Å². The summed E-state index contributed by atoms with van der Waals surface area (Å²) in [7, 11) is 0. The number of para-hydroxylation sites is 1. The maximum Gasteiger partial charge on any atom is 0.315 e. The minimum absolute atomic E-state index is 0.103. The van der Waals surface area contributed by atoms with E-state index in [4.69, 9.17) is 0 Å². The zero-order valence-corrected chi connectivity index (χ0v) is 17.5. The van der Waals surface area contributed by atoms with Crippen LogP contribution in [0.4, 0.5) is 4.79 Å². The lowest BCUT2D eigenvalue weighted by Crippen LogP contribution is -2.39. The number of urea groups is 1. The van der Waals surface area contributed by atoms with Crippen LogP contribution >= 0.6 is 11.3 Å². The largest absolute Gasteiger partial charge is 0.336 e. The van der Waals surface area contributed by atoms with Crippen molar-refractivity contribution >= 4 is 28.3 Å². The maximum atomic E-state index is 12.2. The van der Waals surface area contributed by atoms with E-state index in [9.17, 15) is 4.79 Å². The highest BCUT2D eigenvalue weighted by atomic mass is 32.1. The molecule has 2 N–H and O–H groups in total. The van der Waals surface area contributed by atoms with Crippen LogP contribution in [0, 0.1) is 0 Å². The summed E-state index contributed by atoms with van der Waals surface area (Å²) in [4.78, 5) is 13.4. The summed E-state index contributed by atoms with van der Waals surface area (Å²) >= 11 is 1.73. The first-order valence-corrected chi connectivity index (χ1v) is 10.7. The number of thiophene rings is 1. The number of carbonyl (C=O) groups excluding carboxylic acids is 1. The average molecular weight is 404 g/mol. The van der Waals surface area contributed by atoms with Crippen LogP contribution in [0.15, 0.2) is 72.1 Å². The second-order valence-corrected chi connectivity index (χ2v) is 8.32. The van der Waals surface area contributed by atoms with Crippen molar-refractivity contribution < 1.29 is 4.79 Å². The molecule has 5 heteroatoms. The van der Waals surface area contributed by atoms with Crippen molar-refractivity contribution in [2.75, 3.05) is 0 Å². The van der Waals surface area contributed by atoms with Crippen LogP contribution in [0.5, 0.6) is 0 Å². The highest BCUT2D eigenvalue weighted by Gasteiger charge is 2.20. The summed E-state index contributed by atoms with van der Waals surface area (Å²) in [5.41, 5.74) is 4.76. The lowest BCUT2D eigenvalue weighted by molar-refractivity contribution is 0.238. The number of hydrogen-bond acceptors (Lipinski definition) is 2. The number of benzene rings is 2. The van der Waals surface area contributed by atoms with E-state index in [0.29, 0.717) is 6.54 Å². The quantitative estimate of drug-likeness (QED) is 0.431. The van der Waals surface area contributed by atoms with Gasteiger partial charge in [-0.05, 0) is 36.9 Å². The van der Waals surface area contributed by atoms with Crippen molar-refractivity contribution in [2.24, 2.45) is 0 Å². The van der Waals surface area contributed by atoms with Gasteiger partial charge in [0.05, 0.1) is 10.6 Å². The standard InChI is InChI=1S/C24H25N3OS/c1-17(2)26-24(28)25-15-20-19-11-6-7-12-21(19)27(16-18-9-4-3-5-10-18)23(20)22-13-8-14-29-22/h3-14,17H,15-16H2,1-2H3,(H2,25,26,28). The molecule has 2 amide bonds. The van der Waals surface area contributed by atoms with E-state index in [-0.39, 0.29) is 12.1 Å². The SMILES string of the molecule is CC(C)NC(=O)NCc1c(-c2cccs2)n(Cc2ccccc2)c2ccccc12. The zero-order valence-electron chi connectivity index (χ0n) is 16.7. The van der Waals surface area contributed by atoms with Crippen molar-refractivity contribution in [2.45, 2.75) is 33.0 Å². The van der Waals surface area contributed by atoms with Crippen LogP contribution in [0.25, 0.3) is 21.5 Å². The molecule has 4 nitrogen and oxygen atoms in total. The molecule has 0 aliphatic carbocycles. The van der Waals surface area contributed by atoms with E-state index >= 15 is 0 Å². The van der Waals surface area contributed by atoms with Gasteiger partial charge in [-0.15, -0.1) is 11.3 Å². The number of amides is 2. The Hall–Kier alpha value is -3.05. The van der Waals surface area contributed by atoms with Gasteiger partial charge in [0.25, 0.3) is 0 Å². The molecule has 2 aromatic heterocycles. The third-order valence-electron chi connectivity index (χ3n) is 4.86. The van der Waals surface area contributed by atoms with Crippen LogP contribution in [-0.4, -0.2) is 16.6 Å². The number of fused-ring (bicyclic) bond motifs is 1. The van der Waals surface area contributed by atoms with Crippen molar-refractivity contribution in [1.82, 2.24) is 15.2 Å². The highest BCUT2D eigenvalue weighted by molar-refractivity contribution is 7.13. The van der Waals surface area contributed by atoms with Gasteiger partial charge in [-0.25, -0.2) is 4.79 Å². The highest BCUT2D eigenvalue weighted by Crippen LogP contribution is 2.36. The summed E-state index contributed by atoms with van der Waals surface area (Å²) in [5, 5.41) is 9.23. The third-order valence-corrected chi connectivity index (χ3v) is 5.74. The summed E-state index contributed by atoms with van der Waals surface area (Å²) in [5.74, 6) is 0. The summed E-state index contributed by atoms with van der Waals surface area (Å²) in [6.07, 6.45) is 0. The molecule has 0 bridgehead atoms. The predicted molar refractivity (Wildman–Crippen MR) is 121 cm³/mol. The van der Waals surface area contributed by atoms with Gasteiger partial charge in [0.1, 0.15) is 0 Å². The van der Waals surface area contributed by atoms with Gasteiger partial charge in [-0.1, -0.05) is 54.6 Å². The Kier molecular flexibility index (Phi) is 5.67. The smallest absolute Gasteiger partial charge is 0.315 e. The Morgan fingerprint density at radius 1 is 1.00 bits per heavy atom. The number of nitrogens with one attached hydrogen (secondary N) is 2. The van der Waals surface area contributed by atoms with Crippen LogP contribution in [0.2, 0.25) is 0 Å². The predicted octanol–water partition coefficient (Wildman–Crippen LogP) is 5.63. The fourth-order valence-electron chi connectivity index (χ4n) is 3.66. The first kappa shape index (κ1) is 19.3. The van der Waals surface area contributed by atoms with Crippen molar-refractivity contribution in [3.8, 4) is 10.6 Å². The Bertz CT molecular complexity index is 1100. The minimum atomic E-state index is -0.142. The van der Waals surface area contributed by atoms with E-state index in [0.717, 1.165) is 12.1 Å². The van der Waals surface area contributed by atoms with Crippen molar-refractivity contribution in [3.63, 3.8) is 0 Å². The second-order valence-electron chi connectivity index (χ2n) is 7.38. The monoisotopic (exact) mass is 403 g/mol. The van der Waals surface area contributed by atoms with E-state index in [2.05, 4.69) is 81.2 Å². The summed E-state index contributed by atoms with van der Waals surface area (Å²) < 4.78 is 2.37. The molecule has 0 aliphatic heterocycles. The van der Waals surface area contributed by atoms with Crippen LogP contribution in [-0.2, 0) is 13.1 Å². The molecule has 0 fully saturated rings. The van der Waals surface area contributed by atoms with Crippen LogP contribution in [0.1, 0.15) is 25.0 Å². The molecular formula is C24H25N3OS. The molecule has 29 heavy (non-hydrogen) atoms. The molecule has 0 radical (unpaired) electrons. The van der Waals surface area contributed by atoms with Crippen molar-refractivity contribution in [3.05, 3.63) is 83.2 Å². The Morgan fingerprint density at radius 3 is 2.48 bits per heavy atom. The molecule has 4 rings (SSSR count). The maximum absolute atomic E-state index is 12.2. The van der Waals surface area contributed by atoms with Gasteiger partial charge in [-0.2, -0.15) is 0 Å². The lowest BCUT2D eigenvalue weighted by atomic mass is 10.1. The van der Waals surface area contributed by atoms with Gasteiger partial charge < -0.3 is 15.2 Å². The minimum Gasteiger partial charge on any atom is -0.336 e. The number of aromatic nitrogens is 1. The Labute approximate surface area is 175 Å². The number of nitrogens with zero attached hydrogens (tertiary/aromatic N) is 1. The summed E-state index contributed by atoms with van der Waals surface area (Å²) in [6, 6.07) is 23.1. The Morgan fingerprint density at radius 2 is 1.76 bits per heavy atom. The molecule has 148 valence electrons. The van der Waals surface area contributed by atoms with Gasteiger partial charge in [-0.3, -0.25) is 0 Å². The molecule has 2 aromatic carbocycles. The average Bonchev–Trinajstić information content (AvgIpc) is 3.33. The van der Waals surface area contributed by atoms with E-state index < -0.39 is 0 Å². The fourth-order valence-corrected chi connectivity index (χ4v) is 4.47. The van der Waals surface area contributed by atoms with Gasteiger partial charge >= 0.3 is 6.03 Å². The van der Waals surface area contributed by atoms with Crippen LogP contribution in [0.3, 0.4) is 0 Å². The number of carbonyl (C=O) groups is 1. The summed E-state index contributed by atoms with van der Waals surface area (Å²) in [6.45, 7) is 5.19. The zero-order chi connectivity index (χ0) is 20.2. The molecule has 0 atom stereocenters. The van der Waals surface area contributed by atoms with Gasteiger partial charge in [0.15, 0.2) is 0 Å². The number of rotatable bonds is 6. The number of hydrogen-bond donors (Lipinski definition) is 2. The topological polar surface area (TPSA) is 46.1 Å². The van der Waals surface area contributed by atoms with Crippen molar-refractivity contribution in [1.29, 1.82) is 0 Å².